The molecule has 186 valence electrons. The molecule has 0 bridgehead atoms. The minimum Gasteiger partial charge on any atom is -0.416 e. The fourth-order valence-electron chi connectivity index (χ4n) is 4.05. The number of aromatic amines is 1. The minimum absolute atomic E-state index is 0.0344. The van der Waals surface area contributed by atoms with E-state index in [4.69, 9.17) is 4.43 Å². The second-order valence-corrected chi connectivity index (χ2v) is 15.4. The summed E-state index contributed by atoms with van der Waals surface area (Å²) in [6, 6.07) is 7.43. The summed E-state index contributed by atoms with van der Waals surface area (Å²) in [5, 5.41) is 14.7. The molecule has 0 saturated carbocycles. The summed E-state index contributed by atoms with van der Waals surface area (Å²) < 4.78 is 34.2. The van der Waals surface area contributed by atoms with Crippen LogP contribution in [0.5, 0.6) is 0 Å². The van der Waals surface area contributed by atoms with Crippen LogP contribution in [0.3, 0.4) is 0 Å². The van der Waals surface area contributed by atoms with Crippen molar-refractivity contribution in [1.82, 2.24) is 25.3 Å². The van der Waals surface area contributed by atoms with Crippen molar-refractivity contribution in [3.63, 3.8) is 0 Å². The van der Waals surface area contributed by atoms with Gasteiger partial charge in [-0.2, -0.15) is 15.3 Å². The maximum atomic E-state index is 14.1. The van der Waals surface area contributed by atoms with Gasteiger partial charge in [-0.05, 0) is 48.0 Å². The summed E-state index contributed by atoms with van der Waals surface area (Å²) in [7, 11) is -2.03. The molecule has 1 aliphatic rings. The van der Waals surface area contributed by atoms with Gasteiger partial charge in [-0.25, -0.2) is 8.78 Å². The summed E-state index contributed by atoms with van der Waals surface area (Å²) >= 11 is 0. The van der Waals surface area contributed by atoms with Crippen LogP contribution in [0.1, 0.15) is 42.7 Å². The topological polar surface area (TPSA) is 84.0 Å². The first-order valence-corrected chi connectivity index (χ1v) is 14.6. The lowest BCUT2D eigenvalue weighted by Gasteiger charge is -2.37. The van der Waals surface area contributed by atoms with Crippen LogP contribution >= 0.6 is 0 Å². The number of carbonyl (C=O) groups excluding carboxylic acids is 1. The summed E-state index contributed by atoms with van der Waals surface area (Å²) in [6.45, 7) is 12.1. The van der Waals surface area contributed by atoms with E-state index in [1.165, 1.54) is 6.07 Å². The van der Waals surface area contributed by atoms with E-state index in [2.05, 4.69) is 54.3 Å². The Bertz CT molecular complexity index is 1200. The molecule has 1 N–H and O–H groups in total. The van der Waals surface area contributed by atoms with Gasteiger partial charge in [0.05, 0.1) is 18.1 Å². The number of nitrogens with one attached hydrogen (secondary N) is 1. The predicted molar refractivity (Wildman–Crippen MR) is 131 cm³/mol. The smallest absolute Gasteiger partial charge is 0.271 e. The number of benzene rings is 1. The van der Waals surface area contributed by atoms with Crippen molar-refractivity contribution in [3.8, 4) is 11.3 Å². The van der Waals surface area contributed by atoms with Crippen LogP contribution in [0.4, 0.5) is 8.78 Å². The Kier molecular flexibility index (Phi) is 6.87. The van der Waals surface area contributed by atoms with Crippen LogP contribution in [-0.2, 0) is 4.43 Å². The number of likely N-dealkylation sites (tertiary alicyclic amines) is 1. The maximum absolute atomic E-state index is 14.1. The SMILES string of the molecule is CC(C)(C)[Si](C)(C)OC[C@@H]1CN(C(=O)c2cc(-c3ccnnc3)n[nH]2)C[C@H]1c1ccc(F)c(F)c1. The third kappa shape index (κ3) is 5.33. The third-order valence-corrected chi connectivity index (χ3v) is 11.8. The second kappa shape index (κ2) is 9.58. The standard InChI is InChI=1S/C25H31F2N5O2Si/c1-25(2,3)35(4,5)34-15-18-13-32(14-19(18)16-6-7-20(26)21(27)10-16)24(33)23-11-22(30-31-23)17-8-9-28-29-12-17/h6-12,18-19H,13-15H2,1-5H3,(H,30,31)/t18-,19-/m0/s1. The lowest BCUT2D eigenvalue weighted by molar-refractivity contribution is 0.0776. The lowest BCUT2D eigenvalue weighted by atomic mass is 9.89. The van der Waals surface area contributed by atoms with Gasteiger partial charge in [-0.3, -0.25) is 9.89 Å². The summed E-state index contributed by atoms with van der Waals surface area (Å²) in [6.07, 6.45) is 3.14. The number of rotatable bonds is 6. The van der Waals surface area contributed by atoms with Gasteiger partial charge in [0, 0.05) is 37.1 Å². The average molecular weight is 500 g/mol. The molecule has 0 radical (unpaired) electrons. The van der Waals surface area contributed by atoms with Crippen LogP contribution in [-0.4, -0.2) is 59.2 Å². The number of amides is 1. The molecule has 35 heavy (non-hydrogen) atoms. The van der Waals surface area contributed by atoms with E-state index in [-0.39, 0.29) is 22.8 Å². The van der Waals surface area contributed by atoms with Crippen LogP contribution in [0.25, 0.3) is 11.3 Å². The Balaban J connectivity index is 1.56. The number of hydrogen-bond acceptors (Lipinski definition) is 5. The molecule has 1 saturated heterocycles. The molecule has 3 aromatic rings. The monoisotopic (exact) mass is 499 g/mol. The van der Waals surface area contributed by atoms with Crippen molar-refractivity contribution in [2.24, 2.45) is 5.92 Å². The first-order valence-electron chi connectivity index (χ1n) is 11.7. The Morgan fingerprint density at radius 3 is 2.57 bits per heavy atom. The highest BCUT2D eigenvalue weighted by Crippen LogP contribution is 2.39. The molecule has 7 nitrogen and oxygen atoms in total. The van der Waals surface area contributed by atoms with Crippen molar-refractivity contribution in [2.75, 3.05) is 19.7 Å². The molecule has 2 aromatic heterocycles. The lowest BCUT2D eigenvalue weighted by Crippen LogP contribution is -2.42. The number of nitrogens with zero attached hydrogens (tertiary/aromatic N) is 4. The summed E-state index contributed by atoms with van der Waals surface area (Å²) in [5.41, 5.74) is 2.36. The largest absolute Gasteiger partial charge is 0.416 e. The molecule has 0 unspecified atom stereocenters. The van der Waals surface area contributed by atoms with Gasteiger partial charge in [0.1, 0.15) is 5.69 Å². The van der Waals surface area contributed by atoms with E-state index in [0.717, 1.165) is 11.6 Å². The molecular weight excluding hydrogens is 468 g/mol. The van der Waals surface area contributed by atoms with Crippen LogP contribution < -0.4 is 0 Å². The van der Waals surface area contributed by atoms with E-state index in [1.807, 2.05) is 0 Å². The molecule has 1 aromatic carbocycles. The van der Waals surface area contributed by atoms with Gasteiger partial charge < -0.3 is 9.33 Å². The van der Waals surface area contributed by atoms with Crippen molar-refractivity contribution < 1.29 is 18.0 Å². The Hall–Kier alpha value is -2.98. The van der Waals surface area contributed by atoms with E-state index in [9.17, 15) is 13.6 Å². The normalized spacial score (nSPS) is 18.8. The van der Waals surface area contributed by atoms with E-state index >= 15 is 0 Å². The molecule has 0 aliphatic carbocycles. The Morgan fingerprint density at radius 2 is 1.91 bits per heavy atom. The number of hydrogen-bond donors (Lipinski definition) is 1. The van der Waals surface area contributed by atoms with Crippen LogP contribution in [0.2, 0.25) is 18.1 Å². The van der Waals surface area contributed by atoms with Crippen LogP contribution in [0, 0.1) is 17.6 Å². The van der Waals surface area contributed by atoms with E-state index in [1.54, 1.807) is 35.5 Å². The molecular formula is C25H31F2N5O2Si. The van der Waals surface area contributed by atoms with Gasteiger partial charge in [0.2, 0.25) is 0 Å². The zero-order valence-electron chi connectivity index (χ0n) is 20.7. The molecule has 1 fully saturated rings. The van der Waals surface area contributed by atoms with Gasteiger partial charge in [-0.1, -0.05) is 26.8 Å². The van der Waals surface area contributed by atoms with Gasteiger partial charge in [0.15, 0.2) is 20.0 Å². The first-order chi connectivity index (χ1) is 16.5. The van der Waals surface area contributed by atoms with Gasteiger partial charge >= 0.3 is 0 Å². The second-order valence-electron chi connectivity index (χ2n) is 10.6. The quantitative estimate of drug-likeness (QED) is 0.482. The molecule has 2 atom stereocenters. The Labute approximate surface area is 205 Å². The molecule has 10 heteroatoms. The molecule has 0 spiro atoms. The maximum Gasteiger partial charge on any atom is 0.271 e. The van der Waals surface area contributed by atoms with E-state index in [0.29, 0.717) is 36.6 Å². The van der Waals surface area contributed by atoms with Gasteiger partial charge in [-0.15, -0.1) is 0 Å². The first kappa shape index (κ1) is 25.1. The minimum atomic E-state index is -2.03. The highest BCUT2D eigenvalue weighted by atomic mass is 28.4. The number of H-pyrrole nitrogens is 1. The molecule has 4 rings (SSSR count). The number of halogens is 2. The van der Waals surface area contributed by atoms with Crippen molar-refractivity contribution in [3.05, 3.63) is 65.6 Å². The zero-order chi connectivity index (χ0) is 25.4. The van der Waals surface area contributed by atoms with E-state index < -0.39 is 20.0 Å². The van der Waals surface area contributed by atoms with Crippen molar-refractivity contribution in [1.29, 1.82) is 0 Å². The third-order valence-electron chi connectivity index (χ3n) is 7.25. The number of carbonyl (C=O) groups is 1. The summed E-state index contributed by atoms with van der Waals surface area (Å²) in [5.74, 6) is -2.20. The Morgan fingerprint density at radius 1 is 1.14 bits per heavy atom. The van der Waals surface area contributed by atoms with Gasteiger partial charge in [0.25, 0.3) is 5.91 Å². The molecule has 1 aliphatic heterocycles. The zero-order valence-corrected chi connectivity index (χ0v) is 21.7. The fraction of sp³-hybridized carbons (Fsp3) is 0.440. The van der Waals surface area contributed by atoms with Crippen molar-refractivity contribution in [2.45, 2.75) is 44.8 Å². The van der Waals surface area contributed by atoms with Crippen molar-refractivity contribution >= 4 is 14.2 Å². The summed E-state index contributed by atoms with van der Waals surface area (Å²) in [4.78, 5) is 15.1. The predicted octanol–water partition coefficient (Wildman–Crippen LogP) is 5.02. The number of aromatic nitrogens is 4. The molecule has 3 heterocycles. The highest BCUT2D eigenvalue weighted by Gasteiger charge is 2.41. The molecule has 1 amide bonds. The fourth-order valence-corrected chi connectivity index (χ4v) is 5.11. The highest BCUT2D eigenvalue weighted by molar-refractivity contribution is 6.74. The van der Waals surface area contributed by atoms with Crippen LogP contribution in [0.15, 0.2) is 42.7 Å². The average Bonchev–Trinajstić information content (AvgIpc) is 3.47.